The topological polar surface area (TPSA) is 104 Å². The standard InChI is InChI=1S/C20H31N3O5S2/c1-4-22(5-2)30(27,28)19-12-9-17(10-13-19)11-14-20(24)23-15-7-6-8-18(23)16-21-29(3,25)26/h9-14,18,21H,4-8,15-16H2,1-3H3/b14-11+/t18-/m1/s1. The van der Waals surface area contributed by atoms with Crippen LogP contribution >= 0.6 is 0 Å². The lowest BCUT2D eigenvalue weighted by Crippen LogP contribution is -2.48. The first-order valence-corrected chi connectivity index (χ1v) is 13.4. The lowest BCUT2D eigenvalue weighted by molar-refractivity contribution is -0.129. The Kier molecular flexibility index (Phi) is 8.60. The van der Waals surface area contributed by atoms with Crippen LogP contribution in [0.25, 0.3) is 6.08 Å². The Morgan fingerprint density at radius 1 is 1.13 bits per heavy atom. The highest BCUT2D eigenvalue weighted by atomic mass is 32.2. The number of likely N-dealkylation sites (tertiary alicyclic amines) is 1. The van der Waals surface area contributed by atoms with Crippen LogP contribution < -0.4 is 4.72 Å². The van der Waals surface area contributed by atoms with Crippen molar-refractivity contribution in [1.29, 1.82) is 0 Å². The van der Waals surface area contributed by atoms with E-state index in [4.69, 9.17) is 0 Å². The molecule has 1 heterocycles. The number of sulfonamides is 2. The summed E-state index contributed by atoms with van der Waals surface area (Å²) in [4.78, 5) is 14.6. The summed E-state index contributed by atoms with van der Waals surface area (Å²) in [6.07, 6.45) is 6.78. The van der Waals surface area contributed by atoms with Gasteiger partial charge in [0.1, 0.15) is 0 Å². The van der Waals surface area contributed by atoms with Crippen molar-refractivity contribution in [3.63, 3.8) is 0 Å². The number of nitrogens with zero attached hydrogens (tertiary/aromatic N) is 2. The molecule has 2 rings (SSSR count). The zero-order chi connectivity index (χ0) is 22.4. The van der Waals surface area contributed by atoms with E-state index < -0.39 is 20.0 Å². The van der Waals surface area contributed by atoms with Crippen molar-refractivity contribution in [2.24, 2.45) is 0 Å². The third-order valence-electron chi connectivity index (χ3n) is 5.13. The molecule has 1 atom stereocenters. The quantitative estimate of drug-likeness (QED) is 0.568. The summed E-state index contributed by atoms with van der Waals surface area (Å²) in [7, 11) is -6.83. The maximum absolute atomic E-state index is 12.7. The fourth-order valence-electron chi connectivity index (χ4n) is 3.48. The largest absolute Gasteiger partial charge is 0.335 e. The number of amides is 1. The highest BCUT2D eigenvalue weighted by Gasteiger charge is 2.26. The molecule has 0 bridgehead atoms. The lowest BCUT2D eigenvalue weighted by Gasteiger charge is -2.35. The third-order valence-corrected chi connectivity index (χ3v) is 7.89. The minimum absolute atomic E-state index is 0.174. The molecule has 168 valence electrons. The monoisotopic (exact) mass is 457 g/mol. The molecular formula is C20H31N3O5S2. The van der Waals surface area contributed by atoms with Gasteiger partial charge in [-0.3, -0.25) is 4.79 Å². The van der Waals surface area contributed by atoms with Crippen LogP contribution in [0.2, 0.25) is 0 Å². The summed E-state index contributed by atoms with van der Waals surface area (Å²) in [5.74, 6) is -0.185. The highest BCUT2D eigenvalue weighted by molar-refractivity contribution is 7.89. The molecule has 1 aliphatic rings. The van der Waals surface area contributed by atoms with Gasteiger partial charge in [-0.15, -0.1) is 0 Å². The first kappa shape index (κ1) is 24.5. The van der Waals surface area contributed by atoms with Crippen molar-refractivity contribution < 1.29 is 21.6 Å². The normalized spacial score (nSPS) is 18.3. The van der Waals surface area contributed by atoms with Crippen LogP contribution in [-0.4, -0.2) is 70.4 Å². The van der Waals surface area contributed by atoms with Gasteiger partial charge in [0, 0.05) is 38.3 Å². The van der Waals surface area contributed by atoms with Crippen molar-refractivity contribution in [2.75, 3.05) is 32.4 Å². The van der Waals surface area contributed by atoms with Crippen LogP contribution in [0.15, 0.2) is 35.2 Å². The van der Waals surface area contributed by atoms with Gasteiger partial charge in [0.25, 0.3) is 0 Å². The molecule has 0 spiro atoms. The molecule has 0 radical (unpaired) electrons. The summed E-state index contributed by atoms with van der Waals surface area (Å²) in [5, 5.41) is 0. The SMILES string of the molecule is CCN(CC)S(=O)(=O)c1ccc(/C=C/C(=O)N2CCCC[C@@H]2CNS(C)(=O)=O)cc1. The maximum atomic E-state index is 12.7. The molecule has 1 fully saturated rings. The van der Waals surface area contributed by atoms with Gasteiger partial charge in [0.2, 0.25) is 26.0 Å². The summed E-state index contributed by atoms with van der Waals surface area (Å²) >= 11 is 0. The Morgan fingerprint density at radius 2 is 1.77 bits per heavy atom. The van der Waals surface area contributed by atoms with E-state index in [1.54, 1.807) is 37.0 Å². The number of rotatable bonds is 9. The Morgan fingerprint density at radius 3 is 2.33 bits per heavy atom. The van der Waals surface area contributed by atoms with E-state index in [1.807, 2.05) is 0 Å². The van der Waals surface area contributed by atoms with Crippen LogP contribution in [0, 0.1) is 0 Å². The fraction of sp³-hybridized carbons (Fsp3) is 0.550. The van der Waals surface area contributed by atoms with E-state index in [9.17, 15) is 21.6 Å². The van der Waals surface area contributed by atoms with Crippen molar-refractivity contribution in [3.8, 4) is 0 Å². The minimum atomic E-state index is -3.51. The van der Waals surface area contributed by atoms with E-state index in [0.717, 1.165) is 25.5 Å². The number of hydrogen-bond donors (Lipinski definition) is 1. The molecule has 1 aliphatic heterocycles. The predicted molar refractivity (Wildman–Crippen MR) is 118 cm³/mol. The molecule has 30 heavy (non-hydrogen) atoms. The number of carbonyl (C=O) groups is 1. The molecule has 0 aliphatic carbocycles. The number of nitrogens with one attached hydrogen (secondary N) is 1. The van der Waals surface area contributed by atoms with Crippen LogP contribution in [-0.2, 0) is 24.8 Å². The smallest absolute Gasteiger partial charge is 0.246 e. The predicted octanol–water partition coefficient (Wildman–Crippen LogP) is 1.66. The second-order valence-corrected chi connectivity index (χ2v) is 11.1. The van der Waals surface area contributed by atoms with Gasteiger partial charge in [-0.25, -0.2) is 21.6 Å². The van der Waals surface area contributed by atoms with E-state index >= 15 is 0 Å². The first-order valence-electron chi connectivity index (χ1n) is 10.1. The van der Waals surface area contributed by atoms with E-state index in [-0.39, 0.29) is 23.4 Å². The van der Waals surface area contributed by atoms with Crippen LogP contribution in [0.1, 0.15) is 38.7 Å². The lowest BCUT2D eigenvalue weighted by atomic mass is 10.0. The molecule has 1 aromatic carbocycles. The highest BCUT2D eigenvalue weighted by Crippen LogP contribution is 2.19. The minimum Gasteiger partial charge on any atom is -0.335 e. The van der Waals surface area contributed by atoms with Crippen LogP contribution in [0.4, 0.5) is 0 Å². The number of carbonyl (C=O) groups excluding carboxylic acids is 1. The van der Waals surface area contributed by atoms with Crippen molar-refractivity contribution in [3.05, 3.63) is 35.9 Å². The number of piperidine rings is 1. The molecule has 10 heteroatoms. The Balaban J connectivity index is 2.08. The Bertz CT molecular complexity index is 953. The van der Waals surface area contributed by atoms with Gasteiger partial charge in [-0.1, -0.05) is 26.0 Å². The maximum Gasteiger partial charge on any atom is 0.246 e. The number of hydrogen-bond acceptors (Lipinski definition) is 5. The molecule has 0 aromatic heterocycles. The van der Waals surface area contributed by atoms with Gasteiger partial charge in [0.15, 0.2) is 0 Å². The van der Waals surface area contributed by atoms with Crippen molar-refractivity contribution in [2.45, 2.75) is 44.0 Å². The molecule has 1 aromatic rings. The Labute approximate surface area is 180 Å². The van der Waals surface area contributed by atoms with Crippen LogP contribution in [0.3, 0.4) is 0 Å². The molecule has 1 amide bonds. The van der Waals surface area contributed by atoms with E-state index in [2.05, 4.69) is 4.72 Å². The molecule has 0 saturated carbocycles. The molecule has 1 N–H and O–H groups in total. The second kappa shape index (κ2) is 10.5. The number of benzene rings is 1. The summed E-state index contributed by atoms with van der Waals surface area (Å²) in [6, 6.07) is 6.24. The summed E-state index contributed by atoms with van der Waals surface area (Å²) in [6.45, 7) is 5.18. The second-order valence-electron chi connectivity index (χ2n) is 7.29. The average Bonchev–Trinajstić information content (AvgIpc) is 2.71. The zero-order valence-electron chi connectivity index (χ0n) is 17.7. The van der Waals surface area contributed by atoms with Crippen LogP contribution in [0.5, 0.6) is 0 Å². The van der Waals surface area contributed by atoms with Gasteiger partial charge in [0.05, 0.1) is 11.2 Å². The first-order chi connectivity index (χ1) is 14.1. The van der Waals surface area contributed by atoms with E-state index in [1.165, 1.54) is 22.5 Å². The average molecular weight is 458 g/mol. The third kappa shape index (κ3) is 6.63. The van der Waals surface area contributed by atoms with Gasteiger partial charge in [-0.05, 0) is 43.0 Å². The van der Waals surface area contributed by atoms with Gasteiger partial charge < -0.3 is 4.90 Å². The summed E-state index contributed by atoms with van der Waals surface area (Å²) in [5.41, 5.74) is 0.713. The van der Waals surface area contributed by atoms with Gasteiger partial charge >= 0.3 is 0 Å². The Hall–Kier alpha value is -1.75. The van der Waals surface area contributed by atoms with E-state index in [0.29, 0.717) is 25.2 Å². The van der Waals surface area contributed by atoms with Gasteiger partial charge in [-0.2, -0.15) is 4.31 Å². The molecule has 8 nitrogen and oxygen atoms in total. The summed E-state index contributed by atoms with van der Waals surface area (Å²) < 4.78 is 51.7. The van der Waals surface area contributed by atoms with Crippen molar-refractivity contribution in [1.82, 2.24) is 13.9 Å². The molecule has 0 unspecified atom stereocenters. The molecule has 1 saturated heterocycles. The fourth-order valence-corrected chi connectivity index (χ4v) is 5.43. The molecular weight excluding hydrogens is 426 g/mol. The zero-order valence-corrected chi connectivity index (χ0v) is 19.4. The van der Waals surface area contributed by atoms with Crippen molar-refractivity contribution >= 4 is 32.0 Å².